The zero-order valence-electron chi connectivity index (χ0n) is 8.38. The molecule has 0 unspecified atom stereocenters. The van der Waals surface area contributed by atoms with Gasteiger partial charge in [-0.05, 0) is 6.92 Å². The monoisotopic (exact) mass is 229 g/mol. The molecule has 1 heterocycles. The first-order valence-corrected chi connectivity index (χ1v) is 5.90. The highest BCUT2D eigenvalue weighted by atomic mass is 32.2. The Balaban J connectivity index is 3.35. The summed E-state index contributed by atoms with van der Waals surface area (Å²) in [5, 5.41) is 11.0. The molecule has 0 saturated heterocycles. The van der Waals surface area contributed by atoms with E-state index in [9.17, 15) is 8.42 Å². The van der Waals surface area contributed by atoms with Gasteiger partial charge in [-0.2, -0.15) is 0 Å². The van der Waals surface area contributed by atoms with Crippen molar-refractivity contribution in [3.8, 4) is 0 Å². The van der Waals surface area contributed by atoms with E-state index in [2.05, 4.69) is 15.1 Å². The third kappa shape index (κ3) is 2.50. The molecule has 6 nitrogen and oxygen atoms in total. The smallest absolute Gasteiger partial charge is 0.197 e. The minimum absolute atomic E-state index is 0.0394. The van der Waals surface area contributed by atoms with Crippen LogP contribution in [0.3, 0.4) is 0 Å². The van der Waals surface area contributed by atoms with Crippen LogP contribution in [0.4, 0.5) is 0 Å². The Bertz CT molecular complexity index is 482. The second-order valence-electron chi connectivity index (χ2n) is 2.83. The zero-order valence-corrected chi connectivity index (χ0v) is 9.19. The van der Waals surface area contributed by atoms with Crippen LogP contribution in [0.25, 0.3) is 0 Å². The maximum absolute atomic E-state index is 11.6. The van der Waals surface area contributed by atoms with E-state index in [1.54, 1.807) is 6.92 Å². The molecule has 0 aromatic carbocycles. The lowest BCUT2D eigenvalue weighted by molar-refractivity contribution is 0.321. The summed E-state index contributed by atoms with van der Waals surface area (Å²) >= 11 is 0. The fourth-order valence-electron chi connectivity index (χ4n) is 0.998. The van der Waals surface area contributed by atoms with E-state index in [0.29, 0.717) is 5.69 Å². The second kappa shape index (κ2) is 4.35. The lowest BCUT2D eigenvalue weighted by Crippen LogP contribution is -2.11. The predicted molar refractivity (Wildman–Crippen MR) is 53.9 cm³/mol. The number of oxime groups is 1. The lowest BCUT2D eigenvalue weighted by Gasteiger charge is -2.03. The van der Waals surface area contributed by atoms with Gasteiger partial charge >= 0.3 is 0 Å². The molecule has 0 bridgehead atoms. The molecule has 82 valence electrons. The highest BCUT2D eigenvalue weighted by Crippen LogP contribution is 2.11. The molecule has 1 rings (SSSR count). The first-order valence-electron chi connectivity index (χ1n) is 4.25. The normalized spacial score (nSPS) is 12.1. The van der Waals surface area contributed by atoms with Crippen molar-refractivity contribution in [1.82, 2.24) is 9.97 Å². The maximum Gasteiger partial charge on any atom is 0.197 e. The van der Waals surface area contributed by atoms with E-state index >= 15 is 0 Å². The van der Waals surface area contributed by atoms with Gasteiger partial charge in [-0.1, -0.05) is 12.1 Å². The quantitative estimate of drug-likeness (QED) is 0.459. The van der Waals surface area contributed by atoms with Crippen molar-refractivity contribution < 1.29 is 13.6 Å². The number of nitrogens with zero attached hydrogens (tertiary/aromatic N) is 3. The van der Waals surface area contributed by atoms with Crippen LogP contribution in [0.5, 0.6) is 0 Å². The van der Waals surface area contributed by atoms with Crippen molar-refractivity contribution in [3.05, 3.63) is 17.6 Å². The highest BCUT2D eigenvalue weighted by molar-refractivity contribution is 7.91. The Morgan fingerprint density at radius 1 is 1.60 bits per heavy atom. The molecular formula is C8H11N3O3S. The van der Waals surface area contributed by atoms with Crippen molar-refractivity contribution in [2.45, 2.75) is 18.9 Å². The van der Waals surface area contributed by atoms with Gasteiger partial charge in [0, 0.05) is 0 Å². The van der Waals surface area contributed by atoms with Gasteiger partial charge in [0.15, 0.2) is 14.9 Å². The number of sulfone groups is 1. The van der Waals surface area contributed by atoms with Gasteiger partial charge in [0.1, 0.15) is 5.69 Å². The first-order chi connectivity index (χ1) is 7.01. The molecule has 0 radical (unpaired) electrons. The topological polar surface area (TPSA) is 92.5 Å². The van der Waals surface area contributed by atoms with Gasteiger partial charge in [0.05, 0.1) is 23.9 Å². The Morgan fingerprint density at radius 3 is 2.80 bits per heavy atom. The zero-order chi connectivity index (χ0) is 11.5. The van der Waals surface area contributed by atoms with Crippen molar-refractivity contribution in [1.29, 1.82) is 0 Å². The molecule has 0 fully saturated rings. The van der Waals surface area contributed by atoms with Gasteiger partial charge in [-0.3, -0.25) is 4.98 Å². The maximum atomic E-state index is 11.6. The summed E-state index contributed by atoms with van der Waals surface area (Å²) in [4.78, 5) is 7.71. The van der Waals surface area contributed by atoms with E-state index in [1.165, 1.54) is 13.1 Å². The highest BCUT2D eigenvalue weighted by Gasteiger charge is 2.17. The summed E-state index contributed by atoms with van der Waals surface area (Å²) in [5.41, 5.74) is 0.544. The van der Waals surface area contributed by atoms with Crippen LogP contribution in [0.1, 0.15) is 18.3 Å². The van der Waals surface area contributed by atoms with Gasteiger partial charge in [0.2, 0.25) is 0 Å². The van der Waals surface area contributed by atoms with E-state index < -0.39 is 9.84 Å². The number of rotatable bonds is 3. The van der Waals surface area contributed by atoms with E-state index in [-0.39, 0.29) is 16.5 Å². The van der Waals surface area contributed by atoms with Crippen LogP contribution >= 0.6 is 0 Å². The summed E-state index contributed by atoms with van der Waals surface area (Å²) < 4.78 is 23.1. The molecule has 0 aliphatic rings. The molecule has 7 heteroatoms. The lowest BCUT2D eigenvalue weighted by atomic mass is 10.4. The third-order valence-electron chi connectivity index (χ3n) is 1.80. The van der Waals surface area contributed by atoms with Crippen LogP contribution in [0, 0.1) is 6.92 Å². The first kappa shape index (κ1) is 11.6. The Morgan fingerprint density at radius 2 is 2.27 bits per heavy atom. The molecule has 1 aromatic heterocycles. The second-order valence-corrected chi connectivity index (χ2v) is 5.03. The van der Waals surface area contributed by atoms with Crippen LogP contribution < -0.4 is 0 Å². The fraction of sp³-hybridized carbons (Fsp3) is 0.375. The van der Waals surface area contributed by atoms with Crippen LogP contribution in [-0.2, 0) is 9.84 Å². The Labute approximate surface area is 87.6 Å². The standard InChI is InChI=1S/C8H11N3O3S/c1-3-15(13,14)8-6(2)9-4-7(11-8)5-10-12/h4-5,12H,3H2,1-2H3/b10-5+. The molecule has 0 atom stereocenters. The summed E-state index contributed by atoms with van der Waals surface area (Å²) in [6.07, 6.45) is 2.37. The molecule has 0 aliphatic carbocycles. The summed E-state index contributed by atoms with van der Waals surface area (Å²) in [6, 6.07) is 0. The van der Waals surface area contributed by atoms with Crippen molar-refractivity contribution >= 4 is 16.1 Å². The van der Waals surface area contributed by atoms with Gasteiger partial charge in [-0.25, -0.2) is 13.4 Å². The van der Waals surface area contributed by atoms with Crippen molar-refractivity contribution in [2.75, 3.05) is 5.75 Å². The van der Waals surface area contributed by atoms with Gasteiger partial charge in [-0.15, -0.1) is 0 Å². The van der Waals surface area contributed by atoms with Crippen molar-refractivity contribution in [2.24, 2.45) is 5.16 Å². The molecule has 0 aliphatic heterocycles. The Kier molecular flexibility index (Phi) is 3.35. The molecule has 15 heavy (non-hydrogen) atoms. The molecule has 1 aromatic rings. The van der Waals surface area contributed by atoms with Gasteiger partial charge in [0.25, 0.3) is 0 Å². The largest absolute Gasteiger partial charge is 0.411 e. The number of hydrogen-bond acceptors (Lipinski definition) is 6. The van der Waals surface area contributed by atoms with Crippen LogP contribution in [-0.4, -0.2) is 35.6 Å². The van der Waals surface area contributed by atoms with E-state index in [4.69, 9.17) is 5.21 Å². The van der Waals surface area contributed by atoms with Crippen molar-refractivity contribution in [3.63, 3.8) is 0 Å². The average molecular weight is 229 g/mol. The molecule has 1 N–H and O–H groups in total. The summed E-state index contributed by atoms with van der Waals surface area (Å²) in [6.45, 7) is 3.10. The van der Waals surface area contributed by atoms with E-state index in [1.807, 2.05) is 0 Å². The Hall–Kier alpha value is -1.50. The SMILES string of the molecule is CCS(=O)(=O)c1nc(/C=N/O)cnc1C. The molecule has 0 saturated carbocycles. The summed E-state index contributed by atoms with van der Waals surface area (Å²) in [7, 11) is -3.39. The van der Waals surface area contributed by atoms with Crippen LogP contribution in [0.2, 0.25) is 0 Å². The molecular weight excluding hydrogens is 218 g/mol. The number of aromatic nitrogens is 2. The minimum Gasteiger partial charge on any atom is -0.411 e. The number of hydrogen-bond donors (Lipinski definition) is 1. The van der Waals surface area contributed by atoms with Gasteiger partial charge < -0.3 is 5.21 Å². The number of aryl methyl sites for hydroxylation is 1. The minimum atomic E-state index is -3.39. The van der Waals surface area contributed by atoms with Crippen LogP contribution in [0.15, 0.2) is 16.4 Å². The van der Waals surface area contributed by atoms with E-state index in [0.717, 1.165) is 6.21 Å². The summed E-state index contributed by atoms with van der Waals surface area (Å²) in [5.74, 6) is -0.0394. The average Bonchev–Trinajstić information content (AvgIpc) is 2.21. The third-order valence-corrected chi connectivity index (χ3v) is 3.53. The molecule has 0 amide bonds. The fourth-order valence-corrected chi connectivity index (χ4v) is 2.02. The predicted octanol–water partition coefficient (Wildman–Crippen LogP) is 0.387. The molecule has 0 spiro atoms.